The number of hydrogen-bond acceptors (Lipinski definition) is 1. The highest BCUT2D eigenvalue weighted by Gasteiger charge is 2.36. The average molecular weight is 641 g/mol. The first-order chi connectivity index (χ1) is 35.2. The first kappa shape index (κ1) is 11.4. The quantitative estimate of drug-likeness (QED) is 0.175. The molecule has 226 valence electrons. The van der Waals surface area contributed by atoms with Crippen LogP contribution in [0.5, 0.6) is 0 Å². The van der Waals surface area contributed by atoms with E-state index in [4.69, 9.17) is 29.1 Å². The summed E-state index contributed by atoms with van der Waals surface area (Å²) in [6.45, 7) is -2.24. The smallest absolute Gasteiger partial charge is 0.135 e. The minimum Gasteiger partial charge on any atom is -0.456 e. The van der Waals surface area contributed by atoms with Crippen molar-refractivity contribution in [1.82, 2.24) is 0 Å². The molecule has 8 aromatic carbocycles. The molecular weight excluding hydrogens is 581 g/mol. The van der Waals surface area contributed by atoms with E-state index in [1.807, 2.05) is 0 Å². The number of rotatable bonds is 3. The topological polar surface area (TPSA) is 13.1 Å². The lowest BCUT2D eigenvalue weighted by Gasteiger charge is -2.23. The summed E-state index contributed by atoms with van der Waals surface area (Å²) in [5, 5.41) is -3.56. The van der Waals surface area contributed by atoms with Gasteiger partial charge in [0.15, 0.2) is 0 Å². The molecule has 1 aliphatic rings. The molecule has 10 rings (SSSR count). The molecule has 48 heavy (non-hydrogen) atoms. The highest BCUT2D eigenvalue weighted by molar-refractivity contribution is 6.22. The van der Waals surface area contributed by atoms with E-state index < -0.39 is 262 Å². The third-order valence-corrected chi connectivity index (χ3v) is 8.51. The first-order valence-corrected chi connectivity index (χ1v) is 14.5. The van der Waals surface area contributed by atoms with E-state index in [0.29, 0.717) is 0 Å². The van der Waals surface area contributed by atoms with Crippen LogP contribution in [0.15, 0.2) is 162 Å². The molecule has 1 aromatic heterocycles. The van der Waals surface area contributed by atoms with Crippen LogP contribution in [-0.2, 0) is 5.41 Å². The second-order valence-electron chi connectivity index (χ2n) is 11.2. The van der Waals surface area contributed by atoms with Crippen molar-refractivity contribution < 1.29 is 42.8 Å². The summed E-state index contributed by atoms with van der Waals surface area (Å²) in [7, 11) is 0. The van der Waals surface area contributed by atoms with Crippen molar-refractivity contribution in [2.75, 3.05) is 0 Å². The Bertz CT molecular complexity index is 4170. The molecule has 1 heteroatoms. The van der Waals surface area contributed by atoms with E-state index in [2.05, 4.69) is 0 Å². The van der Waals surface area contributed by atoms with Gasteiger partial charge in [-0.2, -0.15) is 0 Å². The van der Waals surface area contributed by atoms with Crippen LogP contribution in [0, 0.1) is 0 Å². The normalized spacial score (nSPS) is 23.9. The molecular formula is C47H32O. The minimum atomic E-state index is -3.33. The third-order valence-electron chi connectivity index (χ3n) is 8.51. The average Bonchev–Trinajstić information content (AvgIpc) is 4.13. The van der Waals surface area contributed by atoms with Crippen molar-refractivity contribution in [2.45, 2.75) is 19.2 Å². The molecule has 0 amide bonds. The Labute approximate surface area is 319 Å². The Morgan fingerprint density at radius 2 is 1.00 bits per heavy atom. The first-order valence-electron chi connectivity index (χ1n) is 28.5. The second kappa shape index (κ2) is 10.0. The third kappa shape index (κ3) is 3.85. The molecule has 0 saturated heterocycles. The van der Waals surface area contributed by atoms with Crippen molar-refractivity contribution in [2.24, 2.45) is 0 Å². The molecule has 1 aliphatic carbocycles. The van der Waals surface area contributed by atoms with Crippen LogP contribution in [0.25, 0.3) is 88.0 Å². The fourth-order valence-corrected chi connectivity index (χ4v) is 6.35. The fraction of sp³-hybridized carbons (Fsp3) is 0.0638. The van der Waals surface area contributed by atoms with E-state index in [1.54, 1.807) is 0 Å². The monoisotopic (exact) mass is 640 g/mol. The molecule has 0 aliphatic heterocycles. The molecule has 0 saturated carbocycles. The van der Waals surface area contributed by atoms with E-state index in [1.165, 1.54) is 0 Å². The zero-order valence-electron chi connectivity index (χ0n) is 52.5. The fourth-order valence-electron chi connectivity index (χ4n) is 6.35. The summed E-state index contributed by atoms with van der Waals surface area (Å²) in [5.74, 6) is 0. The predicted molar refractivity (Wildman–Crippen MR) is 203 cm³/mol. The van der Waals surface area contributed by atoms with Gasteiger partial charge in [0.25, 0.3) is 0 Å². The van der Waals surface area contributed by atoms with Gasteiger partial charge in [-0.3, -0.25) is 0 Å². The maximum Gasteiger partial charge on any atom is 0.135 e. The summed E-state index contributed by atoms with van der Waals surface area (Å²) in [4.78, 5) is 0. The molecule has 0 fully saturated rings. The van der Waals surface area contributed by atoms with E-state index in [0.717, 1.165) is 13.0 Å². The van der Waals surface area contributed by atoms with Crippen LogP contribution in [0.1, 0.15) is 63.3 Å². The number of furan rings is 1. The Kier molecular flexibility index (Phi) is 2.37. The number of hydrogen-bond donors (Lipinski definition) is 0. The van der Waals surface area contributed by atoms with E-state index >= 15 is 0 Å². The molecule has 9 aromatic rings. The summed E-state index contributed by atoms with van der Waals surface area (Å²) in [5.41, 5.74) is -9.69. The maximum absolute atomic E-state index is 9.70. The van der Waals surface area contributed by atoms with Crippen molar-refractivity contribution in [3.8, 4) is 44.5 Å². The number of benzene rings is 8. The van der Waals surface area contributed by atoms with Crippen molar-refractivity contribution in [3.63, 3.8) is 0 Å². The molecule has 0 N–H and O–H groups in total. The molecule has 1 atom stereocenters. The van der Waals surface area contributed by atoms with Crippen molar-refractivity contribution in [1.29, 1.82) is 0 Å². The minimum absolute atomic E-state index is 0.419. The summed E-state index contributed by atoms with van der Waals surface area (Å²) >= 11 is 0. The maximum atomic E-state index is 9.70. The van der Waals surface area contributed by atoms with Gasteiger partial charge < -0.3 is 4.42 Å². The standard InChI is InChI=1S/C47H32O/c1-47(2)41-27-30(29-12-4-3-5-13-29)20-23-33(41)34-24-21-32(28-42(34)47)46-38-17-8-6-15-36(38)45(37-16-7-9-18-39(37)46)31-22-25-44-40(26-31)35-14-10-11-19-43(35)48-44/h3-28H,1-2H3/i1D3,3D,4D,5D,6D,7D,8D,9D,10D,11D,12D,13D,14D,15D,16D,17D,18D,19D,20D,21D,22D,23D,24D,25D,26D,27D. The molecule has 1 unspecified atom stereocenters. The number of fused-ring (bicyclic) bond motifs is 8. The van der Waals surface area contributed by atoms with Crippen molar-refractivity contribution >= 4 is 43.5 Å². The molecule has 1 heterocycles. The highest BCUT2D eigenvalue weighted by atomic mass is 16.3. The second-order valence-corrected chi connectivity index (χ2v) is 11.2. The van der Waals surface area contributed by atoms with Crippen LogP contribution < -0.4 is 0 Å². The Morgan fingerprint density at radius 3 is 1.69 bits per heavy atom. The summed E-state index contributed by atoms with van der Waals surface area (Å²) < 4.78 is 258. The van der Waals surface area contributed by atoms with Crippen molar-refractivity contribution in [3.05, 3.63) is 168 Å². The Morgan fingerprint density at radius 1 is 0.458 bits per heavy atom. The largest absolute Gasteiger partial charge is 0.456 e. The Balaban J connectivity index is 1.43. The molecule has 0 bridgehead atoms. The zero-order chi connectivity index (χ0) is 56.2. The lowest BCUT2D eigenvalue weighted by Crippen LogP contribution is -2.15. The Hall–Kier alpha value is -5.92. The van der Waals surface area contributed by atoms with Gasteiger partial charge in [0.2, 0.25) is 0 Å². The van der Waals surface area contributed by atoms with Gasteiger partial charge in [-0.1, -0.05) is 141 Å². The molecule has 1 nitrogen and oxygen atoms in total. The van der Waals surface area contributed by atoms with Gasteiger partial charge in [0, 0.05) is 20.3 Å². The van der Waals surface area contributed by atoms with Gasteiger partial charge in [-0.25, -0.2) is 0 Å². The van der Waals surface area contributed by atoms with Crippen LogP contribution in [-0.4, -0.2) is 0 Å². The molecule has 0 spiro atoms. The zero-order valence-corrected chi connectivity index (χ0v) is 24.5. The van der Waals surface area contributed by atoms with Gasteiger partial charge in [-0.15, -0.1) is 0 Å². The lowest BCUT2D eigenvalue weighted by molar-refractivity contribution is 0.661. The number of para-hydroxylation sites is 1. The SMILES string of the molecule is [2H]c1c(-c2c3c([2H])c([2H])c([2H])c([2H])c3c(-c3c([2H])c([2H])c4oc5c([2H])c([2H])c([2H])c([2H])c5c4c3[2H])c3c([2H])c([2H])c([2H])c([2H])c23)cc2c(c1[2H])-c1c([2H])c([2H])c(-c3c([2H])c([2H])c([2H])c([2H])c3[2H])c([2H])c1C2(C)C([2H])([2H])[2H]. The van der Waals surface area contributed by atoms with Crippen LogP contribution in [0.2, 0.25) is 0 Å². The predicted octanol–water partition coefficient (Wildman–Crippen LogP) is 13.2. The van der Waals surface area contributed by atoms with Gasteiger partial charge in [0.05, 0.1) is 34.3 Å². The van der Waals surface area contributed by atoms with Gasteiger partial charge in [-0.05, 0) is 107 Å². The van der Waals surface area contributed by atoms with Gasteiger partial charge >= 0.3 is 0 Å². The highest BCUT2D eigenvalue weighted by Crippen LogP contribution is 2.52. The molecule has 0 radical (unpaired) electrons. The van der Waals surface area contributed by atoms with Crippen LogP contribution in [0.3, 0.4) is 0 Å². The van der Waals surface area contributed by atoms with Crippen LogP contribution in [0.4, 0.5) is 0 Å². The lowest BCUT2D eigenvalue weighted by atomic mass is 9.80. The van der Waals surface area contributed by atoms with E-state index in [9.17, 15) is 13.7 Å². The van der Waals surface area contributed by atoms with Crippen LogP contribution >= 0.6 is 0 Å². The summed E-state index contributed by atoms with van der Waals surface area (Å²) in [6.07, 6.45) is 0. The van der Waals surface area contributed by atoms with E-state index in [-0.39, 0.29) is 0 Å². The summed E-state index contributed by atoms with van der Waals surface area (Å²) in [6, 6.07) is -21.0. The van der Waals surface area contributed by atoms with Gasteiger partial charge in [0.1, 0.15) is 11.2 Å².